The van der Waals surface area contributed by atoms with Gasteiger partial charge in [0.1, 0.15) is 17.4 Å². The molecule has 1 heterocycles. The Morgan fingerprint density at radius 1 is 1.12 bits per heavy atom. The van der Waals surface area contributed by atoms with Crippen LogP contribution in [-0.2, 0) is 9.47 Å². The van der Waals surface area contributed by atoms with Gasteiger partial charge >= 0.3 is 12.1 Å². The molecule has 2 aromatic carbocycles. The first-order valence-electron chi connectivity index (χ1n) is 10.1. The number of benzene rings is 2. The van der Waals surface area contributed by atoms with Gasteiger partial charge in [-0.1, -0.05) is 0 Å². The highest BCUT2D eigenvalue weighted by Crippen LogP contribution is 2.28. The molecule has 0 bridgehead atoms. The molecule has 0 aliphatic carbocycles. The van der Waals surface area contributed by atoms with Gasteiger partial charge in [-0.05, 0) is 70.2 Å². The smallest absolute Gasteiger partial charge is 0.410 e. The van der Waals surface area contributed by atoms with E-state index in [4.69, 9.17) is 14.2 Å². The Hall–Kier alpha value is -3.99. The Balaban J connectivity index is 1.79. The highest BCUT2D eigenvalue weighted by molar-refractivity contribution is 5.91. The molecule has 1 amide bonds. The summed E-state index contributed by atoms with van der Waals surface area (Å²) in [5, 5.41) is 12.8. The molecule has 0 aliphatic rings. The highest BCUT2D eigenvalue weighted by atomic mass is 16.6. The summed E-state index contributed by atoms with van der Waals surface area (Å²) in [5.41, 5.74) is 1.94. The van der Waals surface area contributed by atoms with Gasteiger partial charge in [0.25, 0.3) is 0 Å². The van der Waals surface area contributed by atoms with Crippen molar-refractivity contribution in [1.82, 2.24) is 9.88 Å². The molecule has 8 nitrogen and oxygen atoms in total. The number of hydrogen-bond donors (Lipinski definition) is 1. The Morgan fingerprint density at radius 3 is 2.47 bits per heavy atom. The van der Waals surface area contributed by atoms with Gasteiger partial charge in [-0.15, -0.1) is 0 Å². The molecule has 0 radical (unpaired) electrons. The fraction of sp³-hybridized carbons (Fsp3) is 0.292. The number of aromatic nitrogens is 1. The van der Waals surface area contributed by atoms with E-state index in [9.17, 15) is 14.9 Å². The number of carbonyl (C=O) groups is 2. The molecular formula is C24H25N3O5. The van der Waals surface area contributed by atoms with Crippen LogP contribution < -0.4 is 10.1 Å². The second-order valence-corrected chi connectivity index (χ2v) is 7.94. The van der Waals surface area contributed by atoms with Crippen LogP contribution in [0, 0.1) is 11.3 Å². The molecular weight excluding hydrogens is 410 g/mol. The van der Waals surface area contributed by atoms with Crippen LogP contribution in [-0.4, -0.2) is 35.6 Å². The first kappa shape index (κ1) is 22.7. The average molecular weight is 435 g/mol. The number of esters is 1. The number of fused-ring (bicyclic) bond motifs is 1. The molecule has 1 aromatic heterocycles. The van der Waals surface area contributed by atoms with Gasteiger partial charge in [0, 0.05) is 17.3 Å². The Labute approximate surface area is 186 Å². The van der Waals surface area contributed by atoms with E-state index in [1.165, 1.54) is 0 Å². The zero-order valence-electron chi connectivity index (χ0n) is 18.5. The third kappa shape index (κ3) is 5.38. The summed E-state index contributed by atoms with van der Waals surface area (Å²) in [6.45, 7) is 7.33. The summed E-state index contributed by atoms with van der Waals surface area (Å²) in [7, 11) is 0. The van der Waals surface area contributed by atoms with Crippen LogP contribution in [0.2, 0.25) is 0 Å². The van der Waals surface area contributed by atoms with Gasteiger partial charge in [0.15, 0.2) is 6.73 Å². The second kappa shape index (κ2) is 9.43. The van der Waals surface area contributed by atoms with Crippen molar-refractivity contribution in [3.05, 3.63) is 59.8 Å². The largest absolute Gasteiger partial charge is 0.473 e. The first-order chi connectivity index (χ1) is 15.2. The minimum Gasteiger partial charge on any atom is -0.473 e. The van der Waals surface area contributed by atoms with E-state index in [0.29, 0.717) is 28.9 Å². The maximum absolute atomic E-state index is 11.9. The van der Waals surface area contributed by atoms with E-state index in [1.807, 2.05) is 10.6 Å². The van der Waals surface area contributed by atoms with E-state index in [1.54, 1.807) is 70.3 Å². The number of alkyl carbamates (subject to hydrolysis) is 1. The first-order valence-corrected chi connectivity index (χ1v) is 10.1. The van der Waals surface area contributed by atoms with Crippen LogP contribution in [0.4, 0.5) is 4.79 Å². The van der Waals surface area contributed by atoms with Crippen molar-refractivity contribution >= 4 is 23.0 Å². The quantitative estimate of drug-likeness (QED) is 0.450. The molecule has 0 spiro atoms. The summed E-state index contributed by atoms with van der Waals surface area (Å²) < 4.78 is 17.6. The van der Waals surface area contributed by atoms with Gasteiger partial charge in [-0.3, -0.25) is 5.32 Å². The van der Waals surface area contributed by atoms with Crippen molar-refractivity contribution in [1.29, 1.82) is 5.26 Å². The minimum absolute atomic E-state index is 0.0711. The van der Waals surface area contributed by atoms with Crippen LogP contribution in [0.3, 0.4) is 0 Å². The van der Waals surface area contributed by atoms with Crippen LogP contribution in [0.25, 0.3) is 16.6 Å². The Morgan fingerprint density at radius 2 is 1.84 bits per heavy atom. The standard InChI is InChI=1S/C24H25N3O5/c1-5-30-22(28)16-6-8-18(9-7-16)27-14-17(13-25)20-12-19(10-11-21(20)27)31-15-26-23(29)32-24(2,3)4/h6-12,14H,5,15H2,1-4H3,(H,26,29). The number of hydrogen-bond acceptors (Lipinski definition) is 6. The van der Waals surface area contributed by atoms with Crippen molar-refractivity contribution in [3.8, 4) is 17.5 Å². The molecule has 3 rings (SSSR count). The van der Waals surface area contributed by atoms with Gasteiger partial charge in [0.05, 0.1) is 23.3 Å². The van der Waals surface area contributed by atoms with E-state index >= 15 is 0 Å². The molecule has 0 saturated carbocycles. The Kier molecular flexibility index (Phi) is 6.69. The summed E-state index contributed by atoms with van der Waals surface area (Å²) in [4.78, 5) is 23.6. The third-order valence-corrected chi connectivity index (χ3v) is 4.41. The molecule has 0 atom stereocenters. The van der Waals surface area contributed by atoms with Crippen LogP contribution in [0.15, 0.2) is 48.7 Å². The number of nitriles is 1. The van der Waals surface area contributed by atoms with Crippen molar-refractivity contribution in [2.24, 2.45) is 0 Å². The van der Waals surface area contributed by atoms with Crippen molar-refractivity contribution in [2.45, 2.75) is 33.3 Å². The third-order valence-electron chi connectivity index (χ3n) is 4.41. The van der Waals surface area contributed by atoms with E-state index < -0.39 is 11.7 Å². The predicted octanol–water partition coefficient (Wildman–Crippen LogP) is 4.54. The lowest BCUT2D eigenvalue weighted by atomic mass is 10.2. The van der Waals surface area contributed by atoms with Crippen LogP contribution in [0.1, 0.15) is 43.6 Å². The topological polar surface area (TPSA) is 103 Å². The van der Waals surface area contributed by atoms with Gasteiger partial charge in [-0.2, -0.15) is 5.26 Å². The molecule has 0 unspecified atom stereocenters. The number of nitrogens with zero attached hydrogens (tertiary/aromatic N) is 2. The van der Waals surface area contributed by atoms with Crippen molar-refractivity contribution < 1.29 is 23.8 Å². The van der Waals surface area contributed by atoms with E-state index in [2.05, 4.69) is 11.4 Å². The number of ether oxygens (including phenoxy) is 3. The number of amides is 1. The molecule has 32 heavy (non-hydrogen) atoms. The molecule has 0 saturated heterocycles. The molecule has 166 valence electrons. The highest BCUT2D eigenvalue weighted by Gasteiger charge is 2.16. The maximum Gasteiger partial charge on any atom is 0.410 e. The lowest BCUT2D eigenvalue weighted by molar-refractivity contribution is 0.0482. The van der Waals surface area contributed by atoms with Crippen LogP contribution in [0.5, 0.6) is 5.75 Å². The lowest BCUT2D eigenvalue weighted by Crippen LogP contribution is -2.34. The minimum atomic E-state index is -0.595. The maximum atomic E-state index is 11.9. The Bertz CT molecular complexity index is 1170. The second-order valence-electron chi connectivity index (χ2n) is 7.94. The summed E-state index contributed by atoms with van der Waals surface area (Å²) >= 11 is 0. The zero-order chi connectivity index (χ0) is 23.3. The molecule has 3 aromatic rings. The summed E-state index contributed by atoms with van der Waals surface area (Å²) in [5.74, 6) is 0.122. The van der Waals surface area contributed by atoms with Gasteiger partial charge in [-0.25, -0.2) is 9.59 Å². The molecule has 1 N–H and O–H groups in total. The van der Waals surface area contributed by atoms with Crippen LogP contribution >= 0.6 is 0 Å². The normalized spacial score (nSPS) is 11.0. The van der Waals surface area contributed by atoms with Gasteiger partial charge in [0.2, 0.25) is 0 Å². The summed E-state index contributed by atoms with van der Waals surface area (Å²) in [6.07, 6.45) is 1.15. The molecule has 8 heteroatoms. The lowest BCUT2D eigenvalue weighted by Gasteiger charge is -2.19. The SMILES string of the molecule is CCOC(=O)c1ccc(-n2cc(C#N)c3cc(OCNC(=O)OC(C)(C)C)ccc32)cc1. The van der Waals surface area contributed by atoms with E-state index in [0.717, 1.165) is 11.2 Å². The van der Waals surface area contributed by atoms with Crippen molar-refractivity contribution in [3.63, 3.8) is 0 Å². The fourth-order valence-electron chi connectivity index (χ4n) is 3.07. The summed E-state index contributed by atoms with van der Waals surface area (Å²) in [6, 6.07) is 14.5. The number of rotatable bonds is 6. The molecule has 0 aliphatic heterocycles. The molecule has 0 fully saturated rings. The average Bonchev–Trinajstić information content (AvgIpc) is 3.11. The number of nitrogens with one attached hydrogen (secondary N) is 1. The predicted molar refractivity (Wildman–Crippen MR) is 119 cm³/mol. The number of carbonyl (C=O) groups excluding carboxylic acids is 2. The monoisotopic (exact) mass is 435 g/mol. The van der Waals surface area contributed by atoms with E-state index in [-0.39, 0.29) is 12.7 Å². The van der Waals surface area contributed by atoms with Crippen molar-refractivity contribution in [2.75, 3.05) is 13.3 Å². The van der Waals surface area contributed by atoms with Gasteiger partial charge < -0.3 is 18.8 Å². The fourth-order valence-corrected chi connectivity index (χ4v) is 3.07. The zero-order valence-corrected chi connectivity index (χ0v) is 18.5.